The molecular weight excluding hydrogens is 264 g/mol. The van der Waals surface area contributed by atoms with Crippen molar-refractivity contribution in [3.05, 3.63) is 0 Å². The molecule has 110 valence electrons. The maximum Gasteiger partial charge on any atom is 0.251 e. The highest BCUT2D eigenvalue weighted by Gasteiger charge is 2.40. The maximum atomic E-state index is 12.4. The van der Waals surface area contributed by atoms with Crippen LogP contribution in [-0.2, 0) is 9.53 Å². The van der Waals surface area contributed by atoms with Crippen molar-refractivity contribution in [3.8, 4) is 0 Å². The molecule has 4 nitrogen and oxygen atoms in total. The fourth-order valence-corrected chi connectivity index (χ4v) is 3.85. The van der Waals surface area contributed by atoms with Gasteiger partial charge in [-0.1, -0.05) is 12.8 Å². The van der Waals surface area contributed by atoms with Gasteiger partial charge < -0.3 is 15.4 Å². The van der Waals surface area contributed by atoms with Crippen molar-refractivity contribution in [2.45, 2.75) is 50.7 Å². The van der Waals surface area contributed by atoms with E-state index >= 15 is 0 Å². The van der Waals surface area contributed by atoms with Crippen molar-refractivity contribution in [2.75, 3.05) is 19.6 Å². The zero-order valence-electron chi connectivity index (χ0n) is 11.4. The second-order valence-corrected chi connectivity index (χ2v) is 6.11. The number of ether oxygens (including phenoxy) is 1. The van der Waals surface area contributed by atoms with Crippen molar-refractivity contribution in [1.82, 2.24) is 4.90 Å². The summed E-state index contributed by atoms with van der Waals surface area (Å²) in [5.41, 5.74) is 5.60. The van der Waals surface area contributed by atoms with Crippen LogP contribution in [0, 0.1) is 11.8 Å². The predicted molar refractivity (Wildman–Crippen MR) is 76.2 cm³/mol. The van der Waals surface area contributed by atoms with Crippen LogP contribution in [0.15, 0.2) is 0 Å². The Labute approximate surface area is 121 Å². The molecule has 2 N–H and O–H groups in total. The summed E-state index contributed by atoms with van der Waals surface area (Å²) in [5, 5.41) is 0. The lowest BCUT2D eigenvalue weighted by atomic mass is 9.82. The fraction of sp³-hybridized carbons (Fsp3) is 0.929. The third-order valence-electron chi connectivity index (χ3n) is 4.93. The summed E-state index contributed by atoms with van der Waals surface area (Å²) in [7, 11) is 0. The van der Waals surface area contributed by atoms with Gasteiger partial charge in [0.1, 0.15) is 6.10 Å². The molecule has 3 aliphatic rings. The van der Waals surface area contributed by atoms with Crippen molar-refractivity contribution in [2.24, 2.45) is 17.6 Å². The summed E-state index contributed by atoms with van der Waals surface area (Å²) >= 11 is 0. The summed E-state index contributed by atoms with van der Waals surface area (Å²) in [6.45, 7) is 2.47. The lowest BCUT2D eigenvalue weighted by Crippen LogP contribution is -2.38. The molecule has 1 aliphatic carbocycles. The number of nitrogens with two attached hydrogens (primary N) is 1. The van der Waals surface area contributed by atoms with Gasteiger partial charge in [-0.05, 0) is 37.5 Å². The monoisotopic (exact) mass is 288 g/mol. The van der Waals surface area contributed by atoms with Crippen LogP contribution in [0.3, 0.4) is 0 Å². The molecule has 4 atom stereocenters. The maximum absolute atomic E-state index is 12.4. The number of carbonyl (C=O) groups excluding carboxylic acids is 1. The third kappa shape index (κ3) is 3.06. The summed E-state index contributed by atoms with van der Waals surface area (Å²) in [5.74, 6) is 1.74. The first kappa shape index (κ1) is 15.1. The molecule has 0 bridgehead atoms. The SMILES string of the molecule is Cl.NC[C@H]1CC[C@@H](C(=O)N2CC3CCCCC3C2)O1. The average Bonchev–Trinajstić information content (AvgIpc) is 3.04. The number of rotatable bonds is 2. The Morgan fingerprint density at radius 1 is 1.11 bits per heavy atom. The van der Waals surface area contributed by atoms with Gasteiger partial charge in [0.2, 0.25) is 0 Å². The van der Waals surface area contributed by atoms with E-state index in [0.717, 1.165) is 37.8 Å². The minimum Gasteiger partial charge on any atom is -0.364 e. The van der Waals surface area contributed by atoms with Crippen LogP contribution in [0.1, 0.15) is 38.5 Å². The molecule has 0 spiro atoms. The summed E-state index contributed by atoms with van der Waals surface area (Å²) in [6, 6.07) is 0. The summed E-state index contributed by atoms with van der Waals surface area (Å²) in [6.07, 6.45) is 7.00. The summed E-state index contributed by atoms with van der Waals surface area (Å²) in [4.78, 5) is 14.5. The molecular formula is C14H25ClN2O2. The molecule has 0 radical (unpaired) electrons. The second kappa shape index (κ2) is 6.42. The first-order valence-electron chi connectivity index (χ1n) is 7.42. The zero-order chi connectivity index (χ0) is 12.5. The number of hydrogen-bond donors (Lipinski definition) is 1. The van der Waals surface area contributed by atoms with Gasteiger partial charge in [0, 0.05) is 19.6 Å². The Kier molecular flexibility index (Phi) is 5.09. The fourth-order valence-electron chi connectivity index (χ4n) is 3.85. The number of halogens is 1. The van der Waals surface area contributed by atoms with Gasteiger partial charge >= 0.3 is 0 Å². The zero-order valence-corrected chi connectivity index (χ0v) is 12.2. The third-order valence-corrected chi connectivity index (χ3v) is 4.93. The predicted octanol–water partition coefficient (Wildman–Crippen LogP) is 1.56. The van der Waals surface area contributed by atoms with E-state index in [1.807, 2.05) is 0 Å². The van der Waals surface area contributed by atoms with Crippen molar-refractivity contribution in [1.29, 1.82) is 0 Å². The number of hydrogen-bond acceptors (Lipinski definition) is 3. The van der Waals surface area contributed by atoms with E-state index in [2.05, 4.69) is 4.90 Å². The summed E-state index contributed by atoms with van der Waals surface area (Å²) < 4.78 is 5.72. The van der Waals surface area contributed by atoms with Crippen LogP contribution in [0.4, 0.5) is 0 Å². The number of carbonyl (C=O) groups is 1. The molecule has 0 aromatic heterocycles. The standard InChI is InChI=1S/C14H24N2O2.ClH/c15-7-12-5-6-13(18-12)14(17)16-8-10-3-1-2-4-11(10)9-16;/h10-13H,1-9,15H2;1H/t10?,11?,12-,13+;/m1./s1. The molecule has 2 heterocycles. The molecule has 2 unspecified atom stereocenters. The Hall–Kier alpha value is -0.320. The quantitative estimate of drug-likeness (QED) is 0.839. The van der Waals surface area contributed by atoms with E-state index in [9.17, 15) is 4.79 Å². The highest BCUT2D eigenvalue weighted by Crippen LogP contribution is 2.36. The molecule has 2 saturated heterocycles. The van der Waals surface area contributed by atoms with Gasteiger partial charge in [0.25, 0.3) is 5.91 Å². The van der Waals surface area contributed by atoms with Crippen LogP contribution in [-0.4, -0.2) is 42.6 Å². The van der Waals surface area contributed by atoms with Gasteiger partial charge in [-0.2, -0.15) is 0 Å². The molecule has 0 aromatic rings. The smallest absolute Gasteiger partial charge is 0.251 e. The van der Waals surface area contributed by atoms with Gasteiger partial charge in [0.05, 0.1) is 6.10 Å². The largest absolute Gasteiger partial charge is 0.364 e. The van der Waals surface area contributed by atoms with Gasteiger partial charge in [-0.15, -0.1) is 12.4 Å². The van der Waals surface area contributed by atoms with E-state index in [0.29, 0.717) is 6.54 Å². The molecule has 19 heavy (non-hydrogen) atoms. The van der Waals surface area contributed by atoms with Crippen molar-refractivity contribution < 1.29 is 9.53 Å². The Balaban J connectivity index is 0.00000133. The van der Waals surface area contributed by atoms with Gasteiger partial charge in [-0.3, -0.25) is 4.79 Å². The minimum atomic E-state index is -0.210. The Morgan fingerprint density at radius 2 is 1.74 bits per heavy atom. The molecule has 0 aromatic carbocycles. The van der Waals surface area contributed by atoms with Gasteiger partial charge in [-0.25, -0.2) is 0 Å². The number of amides is 1. The van der Waals surface area contributed by atoms with Crippen LogP contribution >= 0.6 is 12.4 Å². The first-order valence-corrected chi connectivity index (χ1v) is 7.42. The van der Waals surface area contributed by atoms with Crippen LogP contribution in [0.2, 0.25) is 0 Å². The second-order valence-electron chi connectivity index (χ2n) is 6.11. The first-order chi connectivity index (χ1) is 8.78. The lowest BCUT2D eigenvalue weighted by molar-refractivity contribution is -0.141. The average molecular weight is 289 g/mol. The molecule has 5 heteroatoms. The van der Waals surface area contributed by atoms with E-state index in [4.69, 9.17) is 10.5 Å². The highest BCUT2D eigenvalue weighted by atomic mass is 35.5. The van der Waals surface area contributed by atoms with Gasteiger partial charge in [0.15, 0.2) is 0 Å². The van der Waals surface area contributed by atoms with Crippen molar-refractivity contribution in [3.63, 3.8) is 0 Å². The topological polar surface area (TPSA) is 55.6 Å². The molecule has 2 aliphatic heterocycles. The normalized spacial score (nSPS) is 37.8. The molecule has 3 fully saturated rings. The molecule has 1 saturated carbocycles. The number of nitrogens with zero attached hydrogens (tertiary/aromatic N) is 1. The number of likely N-dealkylation sites (tertiary alicyclic amines) is 1. The van der Waals surface area contributed by atoms with E-state index in [1.54, 1.807) is 0 Å². The highest BCUT2D eigenvalue weighted by molar-refractivity contribution is 5.85. The van der Waals surface area contributed by atoms with Crippen LogP contribution < -0.4 is 5.73 Å². The van der Waals surface area contributed by atoms with E-state index in [-0.39, 0.29) is 30.5 Å². The lowest BCUT2D eigenvalue weighted by Gasteiger charge is -2.22. The molecule has 1 amide bonds. The number of fused-ring (bicyclic) bond motifs is 1. The van der Waals surface area contributed by atoms with Crippen LogP contribution in [0.5, 0.6) is 0 Å². The minimum absolute atomic E-state index is 0. The van der Waals surface area contributed by atoms with Crippen molar-refractivity contribution >= 4 is 18.3 Å². The molecule has 3 rings (SSSR count). The Morgan fingerprint density at radius 3 is 2.26 bits per heavy atom. The van der Waals surface area contributed by atoms with E-state index in [1.165, 1.54) is 25.7 Å². The van der Waals surface area contributed by atoms with Crippen LogP contribution in [0.25, 0.3) is 0 Å². The Bertz CT molecular complexity index is 313. The van der Waals surface area contributed by atoms with E-state index < -0.39 is 0 Å².